The first kappa shape index (κ1) is 33.7. The number of carbonyl (C=O) groups is 2. The number of anilines is 1. The number of hydrogen-bond donors (Lipinski definition) is 1. The topological polar surface area (TPSA) is 96.0 Å². The Kier molecular flexibility index (Phi) is 11.8. The minimum atomic E-state index is -4.18. The summed E-state index contributed by atoms with van der Waals surface area (Å²) in [6.45, 7) is 3.85. The van der Waals surface area contributed by atoms with Crippen LogP contribution in [0, 0.1) is 6.92 Å². The van der Waals surface area contributed by atoms with Gasteiger partial charge in [-0.2, -0.15) is 0 Å². The van der Waals surface area contributed by atoms with E-state index in [0.29, 0.717) is 18.0 Å². The van der Waals surface area contributed by atoms with Gasteiger partial charge in [0.15, 0.2) is 0 Å². The smallest absolute Gasteiger partial charge is 0.264 e. The summed E-state index contributed by atoms with van der Waals surface area (Å²) >= 11 is 3.50. The van der Waals surface area contributed by atoms with E-state index in [4.69, 9.17) is 4.74 Å². The fraction of sp³-hybridized carbons (Fsp3) is 0.257. The summed E-state index contributed by atoms with van der Waals surface area (Å²) in [5.74, 6) is -0.278. The van der Waals surface area contributed by atoms with Crippen molar-refractivity contribution in [2.24, 2.45) is 0 Å². The van der Waals surface area contributed by atoms with E-state index in [0.717, 1.165) is 31.9 Å². The highest BCUT2D eigenvalue weighted by Gasteiger charge is 2.34. The predicted octanol–water partition coefficient (Wildman–Crippen LogP) is 6.13. The van der Waals surface area contributed by atoms with Crippen LogP contribution >= 0.6 is 15.9 Å². The first-order chi connectivity index (χ1) is 21.6. The van der Waals surface area contributed by atoms with Crippen molar-refractivity contribution in [3.8, 4) is 5.75 Å². The van der Waals surface area contributed by atoms with Gasteiger partial charge >= 0.3 is 0 Å². The molecular formula is C35H38BrN3O5S. The van der Waals surface area contributed by atoms with E-state index in [1.807, 2.05) is 68.4 Å². The summed E-state index contributed by atoms with van der Waals surface area (Å²) in [7, 11) is -2.66. The maximum Gasteiger partial charge on any atom is 0.264 e. The second-order valence-electron chi connectivity index (χ2n) is 10.7. The number of nitrogens with one attached hydrogen (secondary N) is 1. The van der Waals surface area contributed by atoms with Gasteiger partial charge in [-0.15, -0.1) is 0 Å². The summed E-state index contributed by atoms with van der Waals surface area (Å²) in [5, 5.41) is 2.96. The molecule has 0 radical (unpaired) electrons. The van der Waals surface area contributed by atoms with E-state index in [1.54, 1.807) is 36.4 Å². The number of aryl methyl sites for hydroxylation is 1. The van der Waals surface area contributed by atoms with Crippen LogP contribution in [-0.4, -0.2) is 51.4 Å². The third kappa shape index (κ3) is 8.95. The van der Waals surface area contributed by atoms with Crippen LogP contribution in [0.2, 0.25) is 0 Å². The molecule has 0 fully saturated rings. The van der Waals surface area contributed by atoms with Gasteiger partial charge in [0, 0.05) is 24.0 Å². The number of nitrogens with zero attached hydrogens (tertiary/aromatic N) is 2. The number of amides is 2. The van der Waals surface area contributed by atoms with E-state index < -0.39 is 28.5 Å². The van der Waals surface area contributed by atoms with E-state index in [1.165, 1.54) is 24.1 Å². The normalized spacial score (nSPS) is 11.8. The van der Waals surface area contributed by atoms with Crippen LogP contribution in [0.25, 0.3) is 0 Å². The third-order valence-electron chi connectivity index (χ3n) is 7.31. The van der Waals surface area contributed by atoms with Crippen molar-refractivity contribution < 1.29 is 22.7 Å². The average Bonchev–Trinajstić information content (AvgIpc) is 3.04. The highest BCUT2D eigenvalue weighted by molar-refractivity contribution is 9.10. The largest absolute Gasteiger partial charge is 0.497 e. The van der Waals surface area contributed by atoms with Crippen molar-refractivity contribution in [2.45, 2.75) is 44.2 Å². The molecule has 2 amide bonds. The first-order valence-corrected chi connectivity index (χ1v) is 16.9. The van der Waals surface area contributed by atoms with Crippen molar-refractivity contribution in [3.05, 3.63) is 124 Å². The molecule has 0 aliphatic heterocycles. The molecule has 4 aromatic carbocycles. The Hall–Kier alpha value is -4.15. The van der Waals surface area contributed by atoms with Gasteiger partial charge in [0.1, 0.15) is 18.3 Å². The van der Waals surface area contributed by atoms with Crippen LogP contribution < -0.4 is 14.4 Å². The standard InChI is InChI=1S/C35H38BrN3O5S/c1-4-21-37-35(41)33(23-27-9-6-5-7-10-27)38(24-28-11-8-12-29(36)22-28)34(40)25-39(30-15-17-31(44-3)18-16-30)45(42,43)32-19-13-26(2)14-20-32/h5-20,22,33H,4,21,23-25H2,1-3H3,(H,37,41)/t33-/m0/s1. The zero-order valence-corrected chi connectivity index (χ0v) is 28.1. The molecule has 1 N–H and O–H groups in total. The number of sulfonamides is 1. The molecule has 0 heterocycles. The highest BCUT2D eigenvalue weighted by atomic mass is 79.9. The van der Waals surface area contributed by atoms with E-state index in [2.05, 4.69) is 21.2 Å². The number of methoxy groups -OCH3 is 1. The van der Waals surface area contributed by atoms with Gasteiger partial charge in [-0.25, -0.2) is 8.42 Å². The highest BCUT2D eigenvalue weighted by Crippen LogP contribution is 2.27. The van der Waals surface area contributed by atoms with Gasteiger partial charge in [0.05, 0.1) is 17.7 Å². The lowest BCUT2D eigenvalue weighted by Crippen LogP contribution is -2.53. The van der Waals surface area contributed by atoms with E-state index in [-0.39, 0.29) is 23.8 Å². The number of halogens is 1. The van der Waals surface area contributed by atoms with Gasteiger partial charge in [-0.05, 0) is 73.0 Å². The van der Waals surface area contributed by atoms with Crippen LogP contribution in [-0.2, 0) is 32.6 Å². The molecule has 0 aliphatic carbocycles. The average molecular weight is 693 g/mol. The van der Waals surface area contributed by atoms with Gasteiger partial charge in [-0.1, -0.05) is 83.0 Å². The minimum absolute atomic E-state index is 0.0526. The Labute approximate surface area is 274 Å². The number of hydrogen-bond acceptors (Lipinski definition) is 5. The second kappa shape index (κ2) is 15.7. The lowest BCUT2D eigenvalue weighted by molar-refractivity contribution is -0.140. The van der Waals surface area contributed by atoms with Crippen molar-refractivity contribution >= 4 is 43.5 Å². The number of rotatable bonds is 14. The number of carbonyl (C=O) groups excluding carboxylic acids is 2. The molecule has 0 bridgehead atoms. The predicted molar refractivity (Wildman–Crippen MR) is 181 cm³/mol. The molecule has 10 heteroatoms. The Morgan fingerprint density at radius 1 is 0.889 bits per heavy atom. The number of ether oxygens (including phenoxy) is 1. The summed E-state index contributed by atoms with van der Waals surface area (Å²) < 4.78 is 35.5. The molecule has 4 aromatic rings. The van der Waals surface area contributed by atoms with Crippen molar-refractivity contribution in [1.29, 1.82) is 0 Å². The van der Waals surface area contributed by atoms with E-state index >= 15 is 0 Å². The van der Waals surface area contributed by atoms with Crippen LogP contribution in [0.4, 0.5) is 5.69 Å². The molecule has 1 atom stereocenters. The third-order valence-corrected chi connectivity index (χ3v) is 9.59. The molecule has 4 rings (SSSR count). The second-order valence-corrected chi connectivity index (χ2v) is 13.4. The fourth-order valence-electron chi connectivity index (χ4n) is 4.87. The van der Waals surface area contributed by atoms with Crippen molar-refractivity contribution in [2.75, 3.05) is 24.5 Å². The molecule has 0 unspecified atom stereocenters. The Morgan fingerprint density at radius 2 is 1.56 bits per heavy atom. The fourth-order valence-corrected chi connectivity index (χ4v) is 6.73. The summed E-state index contributed by atoms with van der Waals surface area (Å²) in [4.78, 5) is 29.8. The summed E-state index contributed by atoms with van der Waals surface area (Å²) in [6, 6.07) is 29.1. The lowest BCUT2D eigenvalue weighted by Gasteiger charge is -2.34. The molecule has 0 aliphatic rings. The van der Waals surface area contributed by atoms with Crippen molar-refractivity contribution in [1.82, 2.24) is 10.2 Å². The maximum absolute atomic E-state index is 14.5. The molecule has 8 nitrogen and oxygen atoms in total. The summed E-state index contributed by atoms with van der Waals surface area (Å²) in [5.41, 5.74) is 2.86. The van der Waals surface area contributed by atoms with Crippen LogP contribution in [0.5, 0.6) is 5.75 Å². The first-order valence-electron chi connectivity index (χ1n) is 14.7. The van der Waals surface area contributed by atoms with Crippen LogP contribution in [0.15, 0.2) is 112 Å². The quantitative estimate of drug-likeness (QED) is 0.172. The van der Waals surface area contributed by atoms with E-state index in [9.17, 15) is 18.0 Å². The summed E-state index contributed by atoms with van der Waals surface area (Å²) in [6.07, 6.45) is 0.979. The lowest BCUT2D eigenvalue weighted by atomic mass is 10.0. The Bertz CT molecular complexity index is 1680. The molecule has 0 saturated heterocycles. The Balaban J connectivity index is 1.80. The molecule has 0 aromatic heterocycles. The van der Waals surface area contributed by atoms with Gasteiger partial charge in [0.2, 0.25) is 11.8 Å². The van der Waals surface area contributed by atoms with Gasteiger partial charge in [-0.3, -0.25) is 13.9 Å². The minimum Gasteiger partial charge on any atom is -0.497 e. The monoisotopic (exact) mass is 691 g/mol. The van der Waals surface area contributed by atoms with Crippen LogP contribution in [0.3, 0.4) is 0 Å². The molecule has 236 valence electrons. The van der Waals surface area contributed by atoms with Crippen molar-refractivity contribution in [3.63, 3.8) is 0 Å². The Morgan fingerprint density at radius 3 is 2.18 bits per heavy atom. The molecule has 0 saturated carbocycles. The molecular weight excluding hydrogens is 654 g/mol. The zero-order valence-electron chi connectivity index (χ0n) is 25.6. The number of benzene rings is 4. The van der Waals surface area contributed by atoms with Gasteiger partial charge < -0.3 is 15.0 Å². The molecule has 45 heavy (non-hydrogen) atoms. The maximum atomic E-state index is 14.5. The van der Waals surface area contributed by atoms with Crippen LogP contribution in [0.1, 0.15) is 30.0 Å². The van der Waals surface area contributed by atoms with Gasteiger partial charge in [0.25, 0.3) is 10.0 Å². The SMILES string of the molecule is CCCNC(=O)[C@H](Cc1ccccc1)N(Cc1cccc(Br)c1)C(=O)CN(c1ccc(OC)cc1)S(=O)(=O)c1ccc(C)cc1. The molecule has 0 spiro atoms. The zero-order chi connectivity index (χ0) is 32.4.